The molecule has 0 spiro atoms. The van der Waals surface area contributed by atoms with Gasteiger partial charge in [0, 0.05) is 13.5 Å². The van der Waals surface area contributed by atoms with Crippen molar-refractivity contribution in [3.05, 3.63) is 0 Å². The van der Waals surface area contributed by atoms with E-state index in [1.807, 2.05) is 0 Å². The van der Waals surface area contributed by atoms with Crippen molar-refractivity contribution in [2.75, 3.05) is 7.05 Å². The fourth-order valence-corrected chi connectivity index (χ4v) is 1.08. The normalized spacial score (nSPS) is 31.9. The predicted molar refractivity (Wildman–Crippen MR) is 32.7 cm³/mol. The van der Waals surface area contributed by atoms with Gasteiger partial charge in [-0.25, -0.2) is 0 Å². The highest BCUT2D eigenvalue weighted by molar-refractivity contribution is 4.93. The largest absolute Gasteiger partial charge is 0.406 e. The lowest BCUT2D eigenvalue weighted by molar-refractivity contribution is -0.228. The Hall–Kier alpha value is -0.800. The van der Waals surface area contributed by atoms with Crippen LogP contribution < -0.4 is 0 Å². The summed E-state index contributed by atoms with van der Waals surface area (Å²) in [4.78, 5) is 4.60. The van der Waals surface area contributed by atoms with Gasteiger partial charge >= 0.3 is 6.18 Å². The zero-order valence-electron chi connectivity index (χ0n) is 6.30. The predicted octanol–water partition coefficient (Wildman–Crippen LogP) is 1.08. The van der Waals surface area contributed by atoms with E-state index >= 15 is 0 Å². The molecule has 0 unspecified atom stereocenters. The van der Waals surface area contributed by atoms with Crippen LogP contribution in [0.25, 0.3) is 0 Å². The van der Waals surface area contributed by atoms with Crippen LogP contribution in [0.2, 0.25) is 0 Å². The van der Waals surface area contributed by atoms with Crippen LogP contribution in [-0.4, -0.2) is 30.4 Å². The van der Waals surface area contributed by atoms with Gasteiger partial charge in [-0.05, 0) is 0 Å². The average molecular weight is 180 g/mol. The maximum atomic E-state index is 12.1. The van der Waals surface area contributed by atoms with Gasteiger partial charge in [-0.15, -0.1) is 0 Å². The molecule has 0 amide bonds. The van der Waals surface area contributed by atoms with Crippen LogP contribution in [-0.2, 0) is 4.84 Å². The van der Waals surface area contributed by atoms with Gasteiger partial charge in [-0.1, -0.05) is 0 Å². The van der Waals surface area contributed by atoms with E-state index in [1.54, 1.807) is 6.07 Å². The molecule has 6 heteroatoms. The summed E-state index contributed by atoms with van der Waals surface area (Å²) < 4.78 is 36.3. The molecule has 3 nitrogen and oxygen atoms in total. The fourth-order valence-electron chi connectivity index (χ4n) is 1.08. The Bertz CT molecular complexity index is 210. The Labute approximate surface area is 67.3 Å². The van der Waals surface area contributed by atoms with Gasteiger partial charge in [0.15, 0.2) is 6.10 Å². The van der Waals surface area contributed by atoms with Crippen LogP contribution in [0.5, 0.6) is 0 Å². The first-order chi connectivity index (χ1) is 5.45. The second-order valence-corrected chi connectivity index (χ2v) is 2.56. The highest BCUT2D eigenvalue weighted by Gasteiger charge is 2.48. The van der Waals surface area contributed by atoms with Crippen molar-refractivity contribution < 1.29 is 18.0 Å². The number of hydrogen-bond acceptors (Lipinski definition) is 3. The quantitative estimate of drug-likeness (QED) is 0.559. The van der Waals surface area contributed by atoms with Crippen molar-refractivity contribution in [3.63, 3.8) is 0 Å². The van der Waals surface area contributed by atoms with E-state index in [0.717, 1.165) is 0 Å². The maximum absolute atomic E-state index is 12.1. The lowest BCUT2D eigenvalue weighted by Crippen LogP contribution is -2.37. The standard InChI is InChI=1S/C6H7F3N2O/c1-11-5(6(7,8)9)2-4(3-10)12-11/h4-5H,2H2,1H3/t4-,5-/m0/s1. The Morgan fingerprint density at radius 1 is 1.58 bits per heavy atom. The minimum Gasteiger partial charge on any atom is -0.280 e. The molecule has 0 aromatic rings. The molecular weight excluding hydrogens is 173 g/mol. The topological polar surface area (TPSA) is 36.3 Å². The first kappa shape index (κ1) is 9.29. The van der Waals surface area contributed by atoms with E-state index < -0.39 is 18.3 Å². The van der Waals surface area contributed by atoms with E-state index in [1.165, 1.54) is 7.05 Å². The monoisotopic (exact) mass is 180 g/mol. The zero-order valence-corrected chi connectivity index (χ0v) is 6.30. The van der Waals surface area contributed by atoms with E-state index in [-0.39, 0.29) is 6.42 Å². The van der Waals surface area contributed by atoms with E-state index in [0.29, 0.717) is 5.06 Å². The van der Waals surface area contributed by atoms with Crippen LogP contribution in [0.1, 0.15) is 6.42 Å². The molecule has 1 saturated heterocycles. The van der Waals surface area contributed by atoms with Crippen molar-refractivity contribution >= 4 is 0 Å². The lowest BCUT2D eigenvalue weighted by Gasteiger charge is -2.19. The molecule has 12 heavy (non-hydrogen) atoms. The summed E-state index contributed by atoms with van der Waals surface area (Å²) in [6, 6.07) is -0.0183. The maximum Gasteiger partial charge on any atom is 0.406 e. The van der Waals surface area contributed by atoms with Gasteiger partial charge in [0.05, 0.1) is 6.07 Å². The minimum atomic E-state index is -4.32. The zero-order chi connectivity index (χ0) is 9.35. The summed E-state index contributed by atoms with van der Waals surface area (Å²) in [5.74, 6) is 0. The van der Waals surface area contributed by atoms with Crippen LogP contribution in [0, 0.1) is 11.3 Å². The molecule has 0 saturated carbocycles. The van der Waals surface area contributed by atoms with Gasteiger partial charge in [-0.3, -0.25) is 4.84 Å². The first-order valence-corrected chi connectivity index (χ1v) is 3.31. The highest BCUT2D eigenvalue weighted by atomic mass is 19.4. The van der Waals surface area contributed by atoms with Gasteiger partial charge in [0.2, 0.25) is 0 Å². The van der Waals surface area contributed by atoms with Crippen molar-refractivity contribution in [1.82, 2.24) is 5.06 Å². The van der Waals surface area contributed by atoms with Gasteiger partial charge < -0.3 is 0 Å². The third kappa shape index (κ3) is 1.68. The van der Waals surface area contributed by atoms with Gasteiger partial charge in [0.1, 0.15) is 6.04 Å². The third-order valence-electron chi connectivity index (χ3n) is 1.69. The molecule has 2 atom stereocenters. The van der Waals surface area contributed by atoms with Crippen LogP contribution in [0.3, 0.4) is 0 Å². The molecule has 0 radical (unpaired) electrons. The number of hydrogen-bond donors (Lipinski definition) is 0. The summed E-state index contributed by atoms with van der Waals surface area (Å²) in [7, 11) is 1.18. The summed E-state index contributed by atoms with van der Waals surface area (Å²) in [5, 5.41) is 8.99. The molecule has 0 aliphatic carbocycles. The summed E-state index contributed by atoms with van der Waals surface area (Å²) in [5.41, 5.74) is 0. The SMILES string of the molecule is CN1O[C@H](C#N)C[C@H]1C(F)(F)F. The molecule has 0 aromatic heterocycles. The molecule has 1 fully saturated rings. The lowest BCUT2D eigenvalue weighted by atomic mass is 10.1. The number of rotatable bonds is 0. The Balaban J connectivity index is 2.65. The second-order valence-electron chi connectivity index (χ2n) is 2.56. The van der Waals surface area contributed by atoms with Gasteiger partial charge in [-0.2, -0.15) is 23.5 Å². The minimum absolute atomic E-state index is 0.309. The molecule has 68 valence electrons. The van der Waals surface area contributed by atoms with Crippen LogP contribution >= 0.6 is 0 Å². The number of hydroxylamine groups is 2. The highest BCUT2D eigenvalue weighted by Crippen LogP contribution is 2.32. The molecule has 1 rings (SSSR count). The van der Waals surface area contributed by atoms with E-state index in [2.05, 4.69) is 4.84 Å². The van der Waals surface area contributed by atoms with Crippen molar-refractivity contribution in [2.45, 2.75) is 24.7 Å². The van der Waals surface area contributed by atoms with Gasteiger partial charge in [0.25, 0.3) is 0 Å². The summed E-state index contributed by atoms with van der Waals surface area (Å²) in [6.07, 6.45) is -5.60. The van der Waals surface area contributed by atoms with Crippen molar-refractivity contribution in [2.24, 2.45) is 0 Å². The Morgan fingerprint density at radius 3 is 2.42 bits per heavy atom. The third-order valence-corrected chi connectivity index (χ3v) is 1.69. The molecule has 1 aliphatic heterocycles. The summed E-state index contributed by atoms with van der Waals surface area (Å²) >= 11 is 0. The van der Waals surface area contributed by atoms with Crippen LogP contribution in [0.4, 0.5) is 13.2 Å². The molecule has 0 bridgehead atoms. The van der Waals surface area contributed by atoms with Crippen molar-refractivity contribution in [1.29, 1.82) is 5.26 Å². The molecule has 1 aliphatic rings. The Kier molecular flexibility index (Phi) is 2.26. The van der Waals surface area contributed by atoms with E-state index in [4.69, 9.17) is 5.26 Å². The molecule has 0 aromatic carbocycles. The number of halogens is 3. The first-order valence-electron chi connectivity index (χ1n) is 3.31. The molecular formula is C6H7F3N2O. The van der Waals surface area contributed by atoms with Crippen molar-refractivity contribution in [3.8, 4) is 6.07 Å². The fraction of sp³-hybridized carbons (Fsp3) is 0.833. The Morgan fingerprint density at radius 2 is 2.17 bits per heavy atom. The number of nitriles is 1. The average Bonchev–Trinajstić information content (AvgIpc) is 2.29. The molecule has 0 N–H and O–H groups in total. The number of nitrogens with zero attached hydrogens (tertiary/aromatic N) is 2. The van der Waals surface area contributed by atoms with Crippen LogP contribution in [0.15, 0.2) is 0 Å². The number of alkyl halides is 3. The second kappa shape index (κ2) is 2.92. The molecule has 1 heterocycles. The van der Waals surface area contributed by atoms with E-state index in [9.17, 15) is 13.2 Å². The summed E-state index contributed by atoms with van der Waals surface area (Å²) in [6.45, 7) is 0. The smallest absolute Gasteiger partial charge is 0.280 e.